The Balaban J connectivity index is 2.22. The molecule has 1 N–H and O–H groups in total. The second kappa shape index (κ2) is 5.73. The first kappa shape index (κ1) is 15.0. The molecule has 114 valence electrons. The fourth-order valence-corrected chi connectivity index (χ4v) is 3.94. The van der Waals surface area contributed by atoms with E-state index >= 15 is 0 Å². The normalized spacial score (nSPS) is 22.5. The van der Waals surface area contributed by atoms with Crippen LogP contribution in [-0.2, 0) is 12.0 Å². The van der Waals surface area contributed by atoms with Crippen molar-refractivity contribution in [2.24, 2.45) is 5.92 Å². The van der Waals surface area contributed by atoms with Crippen molar-refractivity contribution in [1.82, 2.24) is 14.9 Å². The van der Waals surface area contributed by atoms with E-state index in [4.69, 9.17) is 4.98 Å². The number of hydrogen-bond donors (Lipinski definition) is 1. The van der Waals surface area contributed by atoms with Crippen LogP contribution < -0.4 is 5.32 Å². The third kappa shape index (κ3) is 2.42. The van der Waals surface area contributed by atoms with E-state index in [1.165, 1.54) is 17.8 Å². The molecule has 2 aromatic rings. The summed E-state index contributed by atoms with van der Waals surface area (Å²) >= 11 is 3.57. The fourth-order valence-electron chi connectivity index (χ4n) is 3.59. The summed E-state index contributed by atoms with van der Waals surface area (Å²) in [4.78, 5) is 5.06. The van der Waals surface area contributed by atoms with Gasteiger partial charge in [-0.3, -0.25) is 0 Å². The zero-order valence-electron chi connectivity index (χ0n) is 13.1. The summed E-state index contributed by atoms with van der Waals surface area (Å²) in [5.74, 6) is 1.86. The number of aromatic nitrogens is 2. The number of halogens is 1. The van der Waals surface area contributed by atoms with E-state index in [0.29, 0.717) is 5.92 Å². The molecule has 2 heterocycles. The Labute approximate surface area is 135 Å². The molecular weight excluding hydrogens is 326 g/mol. The molecule has 0 amide bonds. The Morgan fingerprint density at radius 1 is 1.43 bits per heavy atom. The van der Waals surface area contributed by atoms with Crippen LogP contribution in [0.15, 0.2) is 22.7 Å². The molecule has 1 atom stereocenters. The Morgan fingerprint density at radius 3 is 2.86 bits per heavy atom. The van der Waals surface area contributed by atoms with Gasteiger partial charge in [0.2, 0.25) is 0 Å². The summed E-state index contributed by atoms with van der Waals surface area (Å²) < 4.78 is 3.56. The number of hydrogen-bond acceptors (Lipinski definition) is 2. The van der Waals surface area contributed by atoms with E-state index in [1.807, 2.05) is 0 Å². The Morgan fingerprint density at radius 2 is 2.24 bits per heavy atom. The van der Waals surface area contributed by atoms with Crippen molar-refractivity contribution in [3.8, 4) is 0 Å². The monoisotopic (exact) mass is 349 g/mol. The molecule has 0 radical (unpaired) electrons. The van der Waals surface area contributed by atoms with E-state index in [-0.39, 0.29) is 5.41 Å². The van der Waals surface area contributed by atoms with Crippen LogP contribution >= 0.6 is 15.9 Å². The van der Waals surface area contributed by atoms with E-state index in [9.17, 15) is 0 Å². The van der Waals surface area contributed by atoms with Crippen LogP contribution in [-0.4, -0.2) is 22.6 Å². The van der Waals surface area contributed by atoms with Gasteiger partial charge in [0.15, 0.2) is 0 Å². The highest BCUT2D eigenvalue weighted by atomic mass is 79.9. The lowest BCUT2D eigenvalue weighted by Crippen LogP contribution is -2.37. The average Bonchev–Trinajstić information content (AvgIpc) is 3.05. The molecular formula is C17H24BrN3. The second-order valence-corrected chi connectivity index (χ2v) is 7.37. The van der Waals surface area contributed by atoms with Crippen LogP contribution in [0.5, 0.6) is 0 Å². The van der Waals surface area contributed by atoms with Gasteiger partial charge in [0.25, 0.3) is 0 Å². The maximum atomic E-state index is 5.06. The molecule has 1 aliphatic heterocycles. The number of nitrogens with one attached hydrogen (secondary N) is 1. The average molecular weight is 350 g/mol. The number of rotatable bonds is 4. The number of aryl methyl sites for hydroxylation is 1. The maximum Gasteiger partial charge on any atom is 0.117 e. The van der Waals surface area contributed by atoms with Crippen LogP contribution in [0.1, 0.15) is 39.4 Å². The molecule has 1 aliphatic rings. The lowest BCUT2D eigenvalue weighted by molar-refractivity contribution is 0.307. The maximum absolute atomic E-state index is 5.06. The van der Waals surface area contributed by atoms with E-state index in [0.717, 1.165) is 36.0 Å². The third-order valence-corrected chi connectivity index (χ3v) is 5.39. The van der Waals surface area contributed by atoms with Crippen LogP contribution in [0.3, 0.4) is 0 Å². The lowest BCUT2D eigenvalue weighted by Gasteiger charge is -2.32. The van der Waals surface area contributed by atoms with Gasteiger partial charge in [0.1, 0.15) is 5.82 Å². The summed E-state index contributed by atoms with van der Waals surface area (Å²) in [5.41, 5.74) is 2.54. The largest absolute Gasteiger partial charge is 0.327 e. The molecule has 0 saturated carbocycles. The van der Waals surface area contributed by atoms with Gasteiger partial charge in [-0.25, -0.2) is 4.98 Å². The smallest absolute Gasteiger partial charge is 0.117 e. The van der Waals surface area contributed by atoms with Crippen molar-refractivity contribution >= 4 is 27.0 Å². The summed E-state index contributed by atoms with van der Waals surface area (Å²) in [6, 6.07) is 6.46. The molecule has 1 aromatic heterocycles. The quantitative estimate of drug-likeness (QED) is 0.900. The Kier molecular flexibility index (Phi) is 4.10. The molecule has 1 aromatic carbocycles. The SMILES string of the molecule is CCCn1c(C2(C(C)C)CCNC2)nc2cc(Br)ccc21. The highest BCUT2D eigenvalue weighted by molar-refractivity contribution is 9.10. The van der Waals surface area contributed by atoms with Crippen molar-refractivity contribution in [2.75, 3.05) is 13.1 Å². The van der Waals surface area contributed by atoms with Gasteiger partial charge in [0.05, 0.1) is 11.0 Å². The van der Waals surface area contributed by atoms with Crippen molar-refractivity contribution in [2.45, 2.75) is 45.6 Å². The first-order valence-electron chi connectivity index (χ1n) is 7.95. The molecule has 4 heteroatoms. The summed E-state index contributed by atoms with van der Waals surface area (Å²) in [6.45, 7) is 10.1. The molecule has 0 bridgehead atoms. The summed E-state index contributed by atoms with van der Waals surface area (Å²) in [6.07, 6.45) is 2.31. The van der Waals surface area contributed by atoms with Crippen molar-refractivity contribution in [3.05, 3.63) is 28.5 Å². The van der Waals surface area contributed by atoms with E-state index < -0.39 is 0 Å². The van der Waals surface area contributed by atoms with Crippen LogP contribution in [0, 0.1) is 5.92 Å². The van der Waals surface area contributed by atoms with Gasteiger partial charge in [-0.1, -0.05) is 36.7 Å². The minimum absolute atomic E-state index is 0.167. The summed E-state index contributed by atoms with van der Waals surface area (Å²) in [5, 5.41) is 3.56. The van der Waals surface area contributed by atoms with Crippen LogP contribution in [0.4, 0.5) is 0 Å². The predicted molar refractivity (Wildman–Crippen MR) is 91.7 cm³/mol. The minimum Gasteiger partial charge on any atom is -0.327 e. The van der Waals surface area contributed by atoms with Gasteiger partial charge in [-0.05, 0) is 43.5 Å². The molecule has 21 heavy (non-hydrogen) atoms. The van der Waals surface area contributed by atoms with Crippen LogP contribution in [0.2, 0.25) is 0 Å². The predicted octanol–water partition coefficient (Wildman–Crippen LogP) is 4.10. The number of benzene rings is 1. The first-order chi connectivity index (χ1) is 10.1. The topological polar surface area (TPSA) is 29.9 Å². The van der Waals surface area contributed by atoms with E-state index in [2.05, 4.69) is 64.8 Å². The van der Waals surface area contributed by atoms with Crippen molar-refractivity contribution < 1.29 is 0 Å². The fraction of sp³-hybridized carbons (Fsp3) is 0.588. The Bertz CT molecular complexity index is 639. The third-order valence-electron chi connectivity index (χ3n) is 4.90. The number of fused-ring (bicyclic) bond motifs is 1. The zero-order chi connectivity index (χ0) is 15.0. The number of imidazole rings is 1. The van der Waals surface area contributed by atoms with Crippen molar-refractivity contribution in [1.29, 1.82) is 0 Å². The molecule has 3 rings (SSSR count). The molecule has 0 aliphatic carbocycles. The molecule has 3 nitrogen and oxygen atoms in total. The molecule has 1 unspecified atom stereocenters. The van der Waals surface area contributed by atoms with Crippen LogP contribution in [0.25, 0.3) is 11.0 Å². The molecule has 0 spiro atoms. The zero-order valence-corrected chi connectivity index (χ0v) is 14.7. The first-order valence-corrected chi connectivity index (χ1v) is 8.75. The van der Waals surface area contributed by atoms with E-state index in [1.54, 1.807) is 0 Å². The molecule has 1 fully saturated rings. The van der Waals surface area contributed by atoms with Gasteiger partial charge in [-0.2, -0.15) is 0 Å². The van der Waals surface area contributed by atoms with Gasteiger partial charge in [0, 0.05) is 23.0 Å². The summed E-state index contributed by atoms with van der Waals surface area (Å²) in [7, 11) is 0. The second-order valence-electron chi connectivity index (χ2n) is 6.46. The minimum atomic E-state index is 0.167. The van der Waals surface area contributed by atoms with Crippen molar-refractivity contribution in [3.63, 3.8) is 0 Å². The van der Waals surface area contributed by atoms with Gasteiger partial charge < -0.3 is 9.88 Å². The van der Waals surface area contributed by atoms with Gasteiger partial charge in [-0.15, -0.1) is 0 Å². The standard InChI is InChI=1S/C17H24BrN3/c1-4-9-21-15-6-5-13(18)10-14(15)20-16(21)17(12(2)3)7-8-19-11-17/h5-6,10,12,19H,4,7-9,11H2,1-3H3. The highest BCUT2D eigenvalue weighted by Gasteiger charge is 2.42. The molecule has 1 saturated heterocycles. The lowest BCUT2D eigenvalue weighted by atomic mass is 9.75. The van der Waals surface area contributed by atoms with Gasteiger partial charge >= 0.3 is 0 Å². The number of nitrogens with zero attached hydrogens (tertiary/aromatic N) is 2. The Hall–Kier alpha value is -0.870. The highest BCUT2D eigenvalue weighted by Crippen LogP contribution is 2.39.